The van der Waals surface area contributed by atoms with Crippen LogP contribution >= 0.6 is 0 Å². The maximum absolute atomic E-state index is 11.2. The molecule has 1 nitrogen and oxygen atoms in total. The lowest BCUT2D eigenvalue weighted by atomic mass is 9.88. The fourth-order valence-corrected chi connectivity index (χ4v) is 2.39. The Morgan fingerprint density at radius 1 is 0.947 bits per heavy atom. The maximum Gasteiger partial charge on any atom is 0.129 e. The van der Waals surface area contributed by atoms with Gasteiger partial charge in [-0.1, -0.05) is 60.7 Å². The van der Waals surface area contributed by atoms with Crippen molar-refractivity contribution in [1.82, 2.24) is 0 Å². The van der Waals surface area contributed by atoms with Crippen LogP contribution in [0.4, 0.5) is 0 Å². The average molecular weight is 252 g/mol. The minimum absolute atomic E-state index is 0.272. The molecule has 0 aliphatic rings. The number of hydrogen-bond acceptors (Lipinski definition) is 1. The molecule has 0 N–H and O–H groups in total. The molecule has 0 aliphatic carbocycles. The van der Waals surface area contributed by atoms with Gasteiger partial charge in [-0.05, 0) is 36.8 Å². The van der Waals surface area contributed by atoms with Crippen molar-refractivity contribution in [1.29, 1.82) is 0 Å². The predicted molar refractivity (Wildman–Crippen MR) is 79.2 cm³/mol. The Bertz CT molecular complexity index is 502. The van der Waals surface area contributed by atoms with Crippen molar-refractivity contribution in [2.75, 3.05) is 0 Å². The van der Waals surface area contributed by atoms with E-state index in [4.69, 9.17) is 0 Å². The summed E-state index contributed by atoms with van der Waals surface area (Å²) in [5.41, 5.74) is 2.66. The van der Waals surface area contributed by atoms with E-state index >= 15 is 0 Å². The van der Waals surface area contributed by atoms with Crippen LogP contribution in [0.3, 0.4) is 0 Å². The highest BCUT2D eigenvalue weighted by Crippen LogP contribution is 2.25. The van der Waals surface area contributed by atoms with Crippen LogP contribution < -0.4 is 0 Å². The summed E-state index contributed by atoms with van der Waals surface area (Å²) < 4.78 is 0. The lowest BCUT2D eigenvalue weighted by molar-refractivity contribution is -0.117. The molecule has 0 amide bonds. The van der Waals surface area contributed by atoms with Gasteiger partial charge in [-0.15, -0.1) is 0 Å². The Morgan fingerprint density at radius 3 is 2.11 bits per heavy atom. The highest BCUT2D eigenvalue weighted by molar-refractivity contribution is 5.75. The van der Waals surface area contributed by atoms with Gasteiger partial charge in [0.2, 0.25) is 0 Å². The van der Waals surface area contributed by atoms with E-state index in [0.717, 1.165) is 12.8 Å². The highest BCUT2D eigenvalue weighted by atomic mass is 16.1. The van der Waals surface area contributed by atoms with Crippen molar-refractivity contribution in [2.45, 2.75) is 32.1 Å². The first-order valence-electron chi connectivity index (χ1n) is 6.84. The number of carbonyl (C=O) groups excluding carboxylic acids is 1. The topological polar surface area (TPSA) is 17.1 Å². The van der Waals surface area contributed by atoms with Gasteiger partial charge in [0.15, 0.2) is 0 Å². The molecule has 0 fully saturated rings. The Labute approximate surface area is 115 Å². The molecule has 0 aliphatic heterocycles. The van der Waals surface area contributed by atoms with Crippen LogP contribution in [0.2, 0.25) is 0 Å². The lowest BCUT2D eigenvalue weighted by Crippen LogP contribution is -2.05. The third-order valence-corrected chi connectivity index (χ3v) is 3.44. The fourth-order valence-electron chi connectivity index (χ4n) is 2.39. The van der Waals surface area contributed by atoms with E-state index in [1.54, 1.807) is 6.92 Å². The number of hydrogen-bond donors (Lipinski definition) is 0. The van der Waals surface area contributed by atoms with Crippen LogP contribution in [0.15, 0.2) is 60.7 Å². The summed E-state index contributed by atoms with van der Waals surface area (Å²) in [6.45, 7) is 1.67. The summed E-state index contributed by atoms with van der Waals surface area (Å²) in [7, 11) is 0. The second-order valence-corrected chi connectivity index (χ2v) is 5.04. The number of benzene rings is 2. The molecule has 0 bridgehead atoms. The number of Topliss-reactive ketones (excluding diaryl/α,β-unsaturated/α-hetero) is 1. The van der Waals surface area contributed by atoms with E-state index in [1.807, 2.05) is 12.1 Å². The van der Waals surface area contributed by atoms with E-state index in [0.29, 0.717) is 12.3 Å². The van der Waals surface area contributed by atoms with Crippen LogP contribution in [-0.2, 0) is 11.2 Å². The molecule has 1 atom stereocenters. The molecule has 1 heteroatoms. The standard InChI is InChI=1S/C18H20O/c1-15(19)12-13-18(17-10-6-3-7-11-17)14-16-8-4-2-5-9-16/h2-11,18H,12-14H2,1H3. The molecule has 0 saturated heterocycles. The van der Waals surface area contributed by atoms with Crippen molar-refractivity contribution in [3.63, 3.8) is 0 Å². The molecule has 98 valence electrons. The SMILES string of the molecule is CC(=O)CCC(Cc1ccccc1)c1ccccc1. The monoisotopic (exact) mass is 252 g/mol. The Kier molecular flexibility index (Phi) is 4.91. The maximum atomic E-state index is 11.2. The molecule has 0 saturated carbocycles. The first-order chi connectivity index (χ1) is 9.25. The molecule has 1 unspecified atom stereocenters. The zero-order valence-electron chi connectivity index (χ0n) is 11.4. The first-order valence-corrected chi connectivity index (χ1v) is 6.84. The molecule has 2 aromatic carbocycles. The van der Waals surface area contributed by atoms with Gasteiger partial charge < -0.3 is 4.79 Å². The van der Waals surface area contributed by atoms with Gasteiger partial charge in [0.05, 0.1) is 0 Å². The summed E-state index contributed by atoms with van der Waals surface area (Å²) in [4.78, 5) is 11.2. The van der Waals surface area contributed by atoms with Gasteiger partial charge in [0.25, 0.3) is 0 Å². The van der Waals surface area contributed by atoms with Gasteiger partial charge in [-0.2, -0.15) is 0 Å². The molecule has 2 rings (SSSR count). The summed E-state index contributed by atoms with van der Waals surface area (Å²) in [5.74, 6) is 0.696. The van der Waals surface area contributed by atoms with Crippen molar-refractivity contribution < 1.29 is 4.79 Å². The Morgan fingerprint density at radius 2 is 1.53 bits per heavy atom. The summed E-state index contributed by atoms with van der Waals surface area (Å²) in [5, 5.41) is 0. The third kappa shape index (κ3) is 4.36. The predicted octanol–water partition coefficient (Wildman–Crippen LogP) is 4.38. The van der Waals surface area contributed by atoms with Crippen LogP contribution in [0.25, 0.3) is 0 Å². The Balaban J connectivity index is 2.12. The van der Waals surface area contributed by atoms with Gasteiger partial charge in [-0.3, -0.25) is 0 Å². The Hall–Kier alpha value is -1.89. The van der Waals surface area contributed by atoms with E-state index in [1.165, 1.54) is 11.1 Å². The minimum Gasteiger partial charge on any atom is -0.300 e. The molecule has 0 radical (unpaired) electrons. The molecular weight excluding hydrogens is 232 g/mol. The van der Waals surface area contributed by atoms with Crippen molar-refractivity contribution >= 4 is 5.78 Å². The van der Waals surface area contributed by atoms with Gasteiger partial charge in [0, 0.05) is 6.42 Å². The zero-order chi connectivity index (χ0) is 13.5. The van der Waals surface area contributed by atoms with E-state index in [-0.39, 0.29) is 5.78 Å². The number of rotatable bonds is 6. The van der Waals surface area contributed by atoms with Crippen molar-refractivity contribution in [3.05, 3.63) is 71.8 Å². The van der Waals surface area contributed by atoms with E-state index in [2.05, 4.69) is 48.5 Å². The zero-order valence-corrected chi connectivity index (χ0v) is 11.4. The van der Waals surface area contributed by atoms with Crippen molar-refractivity contribution in [2.24, 2.45) is 0 Å². The fraction of sp³-hybridized carbons (Fsp3) is 0.278. The van der Waals surface area contributed by atoms with Crippen molar-refractivity contribution in [3.8, 4) is 0 Å². The van der Waals surface area contributed by atoms with Gasteiger partial charge in [0.1, 0.15) is 5.78 Å². The van der Waals surface area contributed by atoms with Crippen LogP contribution in [0.1, 0.15) is 36.8 Å². The van der Waals surface area contributed by atoms with Crippen LogP contribution in [0, 0.1) is 0 Å². The normalized spacial score (nSPS) is 12.1. The second kappa shape index (κ2) is 6.89. The summed E-state index contributed by atoms with van der Waals surface area (Å²) in [6.07, 6.45) is 2.58. The second-order valence-electron chi connectivity index (χ2n) is 5.04. The molecular formula is C18H20O. The molecule has 2 aromatic rings. The average Bonchev–Trinajstić information content (AvgIpc) is 2.45. The van der Waals surface area contributed by atoms with Gasteiger partial charge >= 0.3 is 0 Å². The molecule has 0 spiro atoms. The van der Waals surface area contributed by atoms with E-state index in [9.17, 15) is 4.79 Å². The van der Waals surface area contributed by atoms with Crippen LogP contribution in [0.5, 0.6) is 0 Å². The highest BCUT2D eigenvalue weighted by Gasteiger charge is 2.12. The smallest absolute Gasteiger partial charge is 0.129 e. The lowest BCUT2D eigenvalue weighted by Gasteiger charge is -2.17. The first kappa shape index (κ1) is 13.5. The van der Waals surface area contributed by atoms with Gasteiger partial charge in [-0.25, -0.2) is 0 Å². The number of carbonyl (C=O) groups is 1. The molecule has 0 heterocycles. The molecule has 19 heavy (non-hydrogen) atoms. The molecule has 0 aromatic heterocycles. The third-order valence-electron chi connectivity index (χ3n) is 3.44. The van der Waals surface area contributed by atoms with Crippen LogP contribution in [-0.4, -0.2) is 5.78 Å². The summed E-state index contributed by atoms with van der Waals surface area (Å²) in [6, 6.07) is 21.0. The number of ketones is 1. The minimum atomic E-state index is 0.272. The summed E-state index contributed by atoms with van der Waals surface area (Å²) >= 11 is 0. The van der Waals surface area contributed by atoms with E-state index < -0.39 is 0 Å². The largest absolute Gasteiger partial charge is 0.300 e. The quantitative estimate of drug-likeness (QED) is 0.745.